The van der Waals surface area contributed by atoms with Crippen molar-refractivity contribution in [1.29, 1.82) is 0 Å². The van der Waals surface area contributed by atoms with Gasteiger partial charge in [-0.1, -0.05) is 31.9 Å². The smallest absolute Gasteiger partial charge is 0.187 e. The molecule has 0 aromatic heterocycles. The molecule has 7 aliphatic rings. The number of rotatable bonds is 1. The van der Waals surface area contributed by atoms with Gasteiger partial charge >= 0.3 is 0 Å². The molecule has 1 aliphatic heterocycles. The average molecular weight is 348 g/mol. The lowest BCUT2D eigenvalue weighted by molar-refractivity contribution is -0.192. The Morgan fingerprint density at radius 2 is 1.81 bits per heavy atom. The van der Waals surface area contributed by atoms with Crippen LogP contribution in [0, 0.1) is 40.9 Å². The summed E-state index contributed by atoms with van der Waals surface area (Å²) in [5.41, 5.74) is 0.643. The maximum absolute atomic E-state index is 6.11. The second-order valence-electron chi connectivity index (χ2n) is 6.54. The van der Waals surface area contributed by atoms with Gasteiger partial charge in [0, 0.05) is 11.2 Å². The second kappa shape index (κ2) is 2.00. The molecule has 0 unspecified atom stereocenters. The van der Waals surface area contributed by atoms with Crippen molar-refractivity contribution >= 4 is 31.9 Å². The summed E-state index contributed by atoms with van der Waals surface area (Å²) >= 11 is 7.89. The molecule has 1 spiro atoms. The quantitative estimate of drug-likeness (QED) is 0.675. The Balaban J connectivity index is 1.63. The molecular weight excluding hydrogens is 336 g/mol. The van der Waals surface area contributed by atoms with Crippen LogP contribution in [0.2, 0.25) is 0 Å². The van der Waals surface area contributed by atoms with Gasteiger partial charge in [0.25, 0.3) is 0 Å². The van der Waals surface area contributed by atoms with Gasteiger partial charge in [0.05, 0.1) is 17.5 Å². The Kier molecular flexibility index (Phi) is 1.11. The number of hydrogen-bond acceptors (Lipinski definition) is 2. The summed E-state index contributed by atoms with van der Waals surface area (Å²) in [6.07, 6.45) is 0. The minimum atomic E-state index is -0.212. The highest BCUT2D eigenvalue weighted by Crippen LogP contribution is 3.04. The minimum absolute atomic E-state index is 0.189. The lowest BCUT2D eigenvalue weighted by atomic mass is 9.95. The summed E-state index contributed by atoms with van der Waals surface area (Å²) in [5.74, 6) is 5.01. The molecule has 0 N–H and O–H groups in total. The molecule has 6 saturated carbocycles. The highest BCUT2D eigenvalue weighted by molar-refractivity contribution is 9.10. The van der Waals surface area contributed by atoms with E-state index in [0.717, 1.165) is 42.8 Å². The van der Waals surface area contributed by atoms with Crippen LogP contribution in [0.1, 0.15) is 0 Å². The first kappa shape index (κ1) is 8.89. The van der Waals surface area contributed by atoms with Gasteiger partial charge in [0.1, 0.15) is 0 Å². The summed E-state index contributed by atoms with van der Waals surface area (Å²) in [6, 6.07) is 0. The SMILES string of the molecule is BrC[C@]12[C@@H]3[C@@H]4[C@H]5[C@@H]1[C@@H]2[C@@](Br)([C@@H]43)C51OCCO1. The van der Waals surface area contributed by atoms with Crippen molar-refractivity contribution in [3.05, 3.63) is 0 Å². The van der Waals surface area contributed by atoms with E-state index >= 15 is 0 Å². The standard InChI is InChI=1S/C12H12Br2O2/c13-3-10-5-4-6(5)11(14)9(10)8(10)7(4)12(11)15-1-2-16-12/h4-9H,1-3H2/t4-,5+,6-,7-,8+,9-,10-,11-/m0/s1. The fourth-order valence-corrected chi connectivity index (χ4v) is 9.76. The van der Waals surface area contributed by atoms with E-state index < -0.39 is 0 Å². The number of ether oxygens (including phenoxy) is 2. The molecule has 0 radical (unpaired) electrons. The molecule has 0 aromatic rings. The lowest BCUT2D eigenvalue weighted by Crippen LogP contribution is -2.50. The first-order chi connectivity index (χ1) is 7.75. The van der Waals surface area contributed by atoms with E-state index in [2.05, 4.69) is 31.9 Å². The van der Waals surface area contributed by atoms with Crippen molar-refractivity contribution in [3.63, 3.8) is 0 Å². The van der Waals surface area contributed by atoms with Crippen molar-refractivity contribution in [2.45, 2.75) is 10.1 Å². The predicted molar refractivity (Wildman–Crippen MR) is 63.5 cm³/mol. The number of alkyl halides is 2. The Morgan fingerprint density at radius 3 is 2.25 bits per heavy atom. The summed E-state index contributed by atoms with van der Waals surface area (Å²) in [4.78, 5) is 0. The molecule has 86 valence electrons. The molecule has 16 heavy (non-hydrogen) atoms. The monoisotopic (exact) mass is 346 g/mol. The summed E-state index contributed by atoms with van der Waals surface area (Å²) in [7, 11) is 0. The lowest BCUT2D eigenvalue weighted by Gasteiger charge is -2.37. The molecule has 0 amide bonds. The van der Waals surface area contributed by atoms with Crippen molar-refractivity contribution in [2.75, 3.05) is 18.5 Å². The third-order valence-corrected chi connectivity index (χ3v) is 9.35. The summed E-state index contributed by atoms with van der Waals surface area (Å²) in [6.45, 7) is 1.60. The van der Waals surface area contributed by atoms with Crippen molar-refractivity contribution in [2.24, 2.45) is 40.9 Å². The van der Waals surface area contributed by atoms with Gasteiger partial charge in [-0.15, -0.1) is 0 Å². The van der Waals surface area contributed by atoms with Crippen LogP contribution in [-0.4, -0.2) is 28.7 Å². The maximum Gasteiger partial charge on any atom is 0.187 e. The Hall–Kier alpha value is 0.880. The van der Waals surface area contributed by atoms with Crippen molar-refractivity contribution in [1.82, 2.24) is 0 Å². The number of halogens is 2. The van der Waals surface area contributed by atoms with Gasteiger partial charge in [-0.3, -0.25) is 0 Å². The van der Waals surface area contributed by atoms with Gasteiger partial charge < -0.3 is 9.47 Å². The molecule has 2 nitrogen and oxygen atoms in total. The zero-order valence-electron chi connectivity index (χ0n) is 8.66. The molecule has 1 heterocycles. The van der Waals surface area contributed by atoms with Crippen LogP contribution in [0.5, 0.6) is 0 Å². The molecule has 8 atom stereocenters. The van der Waals surface area contributed by atoms with E-state index in [1.807, 2.05) is 0 Å². The van der Waals surface area contributed by atoms with E-state index in [4.69, 9.17) is 9.47 Å². The second-order valence-corrected chi connectivity index (χ2v) is 8.41. The van der Waals surface area contributed by atoms with Gasteiger partial charge in [-0.25, -0.2) is 0 Å². The van der Waals surface area contributed by atoms with Gasteiger partial charge in [-0.2, -0.15) is 0 Å². The van der Waals surface area contributed by atoms with Crippen LogP contribution in [0.4, 0.5) is 0 Å². The van der Waals surface area contributed by atoms with E-state index in [-0.39, 0.29) is 10.1 Å². The molecule has 0 aromatic carbocycles. The molecule has 4 heteroatoms. The van der Waals surface area contributed by atoms with Gasteiger partial charge in [0.15, 0.2) is 5.79 Å². The summed E-state index contributed by atoms with van der Waals surface area (Å²) < 4.78 is 12.4. The highest BCUT2D eigenvalue weighted by Gasteiger charge is 3.08. The minimum Gasteiger partial charge on any atom is -0.346 e. The molecule has 1 saturated heterocycles. The molecule has 2 bridgehead atoms. The van der Waals surface area contributed by atoms with Crippen LogP contribution in [-0.2, 0) is 9.47 Å². The predicted octanol–water partition coefficient (Wildman–Crippen LogP) is 2.01. The topological polar surface area (TPSA) is 18.5 Å². The van der Waals surface area contributed by atoms with Crippen LogP contribution in [0.15, 0.2) is 0 Å². The fraction of sp³-hybridized carbons (Fsp3) is 1.00. The first-order valence-electron chi connectivity index (χ1n) is 6.28. The fourth-order valence-electron chi connectivity index (χ4n) is 6.87. The van der Waals surface area contributed by atoms with Crippen LogP contribution >= 0.6 is 31.9 Å². The van der Waals surface area contributed by atoms with Crippen molar-refractivity contribution < 1.29 is 9.47 Å². The molecule has 7 fully saturated rings. The van der Waals surface area contributed by atoms with E-state index in [9.17, 15) is 0 Å². The summed E-state index contributed by atoms with van der Waals surface area (Å²) in [5, 5.41) is 1.20. The molecular formula is C12H12Br2O2. The van der Waals surface area contributed by atoms with Crippen LogP contribution < -0.4 is 0 Å². The zero-order chi connectivity index (χ0) is 10.5. The Bertz CT molecular complexity index is 448. The first-order valence-corrected chi connectivity index (χ1v) is 8.19. The largest absolute Gasteiger partial charge is 0.346 e. The van der Waals surface area contributed by atoms with Crippen LogP contribution in [0.3, 0.4) is 0 Å². The van der Waals surface area contributed by atoms with Gasteiger partial charge in [-0.05, 0) is 35.0 Å². The third-order valence-electron chi connectivity index (χ3n) is 6.81. The van der Waals surface area contributed by atoms with Gasteiger partial charge in [0.2, 0.25) is 0 Å². The normalized spacial score (nSPS) is 77.6. The number of hydrogen-bond donors (Lipinski definition) is 0. The molecule has 7 rings (SSSR count). The van der Waals surface area contributed by atoms with Crippen molar-refractivity contribution in [3.8, 4) is 0 Å². The van der Waals surface area contributed by atoms with Crippen LogP contribution in [0.25, 0.3) is 0 Å². The zero-order valence-corrected chi connectivity index (χ0v) is 11.8. The molecule has 6 aliphatic carbocycles. The Labute approximate surface area is 111 Å². The highest BCUT2D eigenvalue weighted by atomic mass is 79.9. The van der Waals surface area contributed by atoms with E-state index in [0.29, 0.717) is 11.3 Å². The van der Waals surface area contributed by atoms with E-state index in [1.165, 1.54) is 5.33 Å². The third kappa shape index (κ3) is 0.473. The van der Waals surface area contributed by atoms with E-state index in [1.54, 1.807) is 0 Å². The average Bonchev–Trinajstić information content (AvgIpc) is 2.97. The Morgan fingerprint density at radius 1 is 1.06 bits per heavy atom. The maximum atomic E-state index is 6.11.